The van der Waals surface area contributed by atoms with Crippen molar-refractivity contribution in [2.24, 2.45) is 0 Å². The average Bonchev–Trinajstić information content (AvgIpc) is 3.16. The number of urea groups is 1. The fourth-order valence-corrected chi connectivity index (χ4v) is 3.51. The van der Waals surface area contributed by atoms with Gasteiger partial charge in [-0.25, -0.2) is 9.59 Å². The lowest BCUT2D eigenvalue weighted by molar-refractivity contribution is 0.143. The van der Waals surface area contributed by atoms with E-state index in [0.29, 0.717) is 31.9 Å². The number of benzene rings is 2. The maximum absolute atomic E-state index is 12.5. The highest BCUT2D eigenvalue weighted by Crippen LogP contribution is 2.21. The quantitative estimate of drug-likeness (QED) is 0.886. The number of hydrogen-bond donors (Lipinski definition) is 1. The highest BCUT2D eigenvalue weighted by Gasteiger charge is 2.24. The van der Waals surface area contributed by atoms with E-state index in [2.05, 4.69) is 34.5 Å². The monoisotopic (exact) mass is 380 g/mol. The lowest BCUT2D eigenvalue weighted by Gasteiger charge is -2.34. The van der Waals surface area contributed by atoms with Crippen LogP contribution in [0.1, 0.15) is 5.56 Å². The van der Waals surface area contributed by atoms with Gasteiger partial charge in [-0.15, -0.1) is 0 Å². The molecule has 1 N–H and O–H groups in total. The molecular formula is C21H24N4O3. The van der Waals surface area contributed by atoms with Gasteiger partial charge in [-0.05, 0) is 29.8 Å². The predicted molar refractivity (Wildman–Crippen MR) is 107 cm³/mol. The Morgan fingerprint density at radius 2 is 1.64 bits per heavy atom. The van der Waals surface area contributed by atoms with Gasteiger partial charge >= 0.3 is 12.1 Å². The molecule has 0 aromatic heterocycles. The van der Waals surface area contributed by atoms with Crippen LogP contribution in [-0.2, 0) is 11.3 Å². The van der Waals surface area contributed by atoms with Crippen LogP contribution in [0, 0.1) is 0 Å². The summed E-state index contributed by atoms with van der Waals surface area (Å²) in [5.74, 6) is 0. The molecule has 2 aliphatic heterocycles. The minimum atomic E-state index is -0.329. The summed E-state index contributed by atoms with van der Waals surface area (Å²) >= 11 is 0. The van der Waals surface area contributed by atoms with E-state index in [0.717, 1.165) is 25.3 Å². The molecule has 0 aliphatic carbocycles. The van der Waals surface area contributed by atoms with Gasteiger partial charge in [0.05, 0.1) is 6.54 Å². The fourth-order valence-electron chi connectivity index (χ4n) is 3.51. The highest BCUT2D eigenvalue weighted by molar-refractivity contribution is 5.91. The zero-order valence-electron chi connectivity index (χ0n) is 15.7. The number of amides is 3. The van der Waals surface area contributed by atoms with Crippen LogP contribution in [0.25, 0.3) is 0 Å². The molecule has 28 heavy (non-hydrogen) atoms. The Kier molecular flexibility index (Phi) is 5.43. The SMILES string of the molecule is O=C(Nc1ccc(N2CCOC2=O)cc1)N1CCN(Cc2ccccc2)CC1. The molecule has 0 atom stereocenters. The zero-order chi connectivity index (χ0) is 19.3. The summed E-state index contributed by atoms with van der Waals surface area (Å²) in [6.45, 7) is 5.01. The van der Waals surface area contributed by atoms with Crippen LogP contribution in [0.5, 0.6) is 0 Å². The summed E-state index contributed by atoms with van der Waals surface area (Å²) in [6, 6.07) is 17.6. The van der Waals surface area contributed by atoms with E-state index >= 15 is 0 Å². The number of rotatable bonds is 4. The Bertz CT molecular complexity index is 817. The summed E-state index contributed by atoms with van der Waals surface area (Å²) < 4.78 is 4.95. The number of carbonyl (C=O) groups is 2. The Morgan fingerprint density at radius 1 is 0.929 bits per heavy atom. The average molecular weight is 380 g/mol. The molecule has 4 rings (SSSR count). The number of cyclic esters (lactones) is 1. The third-order valence-corrected chi connectivity index (χ3v) is 5.10. The molecule has 2 aromatic carbocycles. The van der Waals surface area contributed by atoms with Crippen molar-refractivity contribution in [2.45, 2.75) is 6.54 Å². The van der Waals surface area contributed by atoms with Crippen molar-refractivity contribution in [2.75, 3.05) is 49.5 Å². The molecular weight excluding hydrogens is 356 g/mol. The van der Waals surface area contributed by atoms with Crippen LogP contribution in [0.3, 0.4) is 0 Å². The molecule has 7 heteroatoms. The van der Waals surface area contributed by atoms with E-state index in [4.69, 9.17) is 4.74 Å². The predicted octanol–water partition coefficient (Wildman–Crippen LogP) is 2.99. The minimum Gasteiger partial charge on any atom is -0.447 e. The van der Waals surface area contributed by atoms with E-state index in [1.165, 1.54) is 5.56 Å². The Morgan fingerprint density at radius 3 is 2.29 bits per heavy atom. The number of carbonyl (C=O) groups excluding carboxylic acids is 2. The maximum atomic E-state index is 12.5. The molecule has 7 nitrogen and oxygen atoms in total. The molecule has 2 aliphatic rings. The minimum absolute atomic E-state index is 0.0901. The Balaban J connectivity index is 1.27. The lowest BCUT2D eigenvalue weighted by atomic mass is 10.2. The van der Waals surface area contributed by atoms with Crippen molar-refractivity contribution < 1.29 is 14.3 Å². The molecule has 0 saturated carbocycles. The topological polar surface area (TPSA) is 65.1 Å². The summed E-state index contributed by atoms with van der Waals surface area (Å²) in [5, 5.41) is 2.94. The second kappa shape index (κ2) is 8.31. The van der Waals surface area contributed by atoms with Gasteiger partial charge < -0.3 is 15.0 Å². The maximum Gasteiger partial charge on any atom is 0.414 e. The molecule has 2 saturated heterocycles. The molecule has 3 amide bonds. The summed E-state index contributed by atoms with van der Waals surface area (Å²) in [4.78, 5) is 29.9. The standard InChI is InChI=1S/C21H24N4O3/c26-20(22-18-6-8-19(9-7-18)25-14-15-28-21(25)27)24-12-10-23(11-13-24)16-17-4-2-1-3-5-17/h1-9H,10-16H2,(H,22,26). The van der Waals surface area contributed by atoms with Crippen LogP contribution >= 0.6 is 0 Å². The number of piperazine rings is 1. The van der Waals surface area contributed by atoms with Gasteiger partial charge in [-0.1, -0.05) is 30.3 Å². The van der Waals surface area contributed by atoms with E-state index < -0.39 is 0 Å². The third-order valence-electron chi connectivity index (χ3n) is 5.10. The zero-order valence-corrected chi connectivity index (χ0v) is 15.7. The van der Waals surface area contributed by atoms with Crippen LogP contribution in [-0.4, -0.2) is 61.3 Å². The van der Waals surface area contributed by atoms with Crippen LogP contribution in [0.2, 0.25) is 0 Å². The van der Waals surface area contributed by atoms with Gasteiger partial charge in [0.2, 0.25) is 0 Å². The van der Waals surface area contributed by atoms with Crippen LogP contribution in [0.15, 0.2) is 54.6 Å². The first-order chi connectivity index (χ1) is 13.7. The van der Waals surface area contributed by atoms with Gasteiger partial charge in [-0.3, -0.25) is 9.80 Å². The van der Waals surface area contributed by atoms with E-state index in [1.54, 1.807) is 4.90 Å². The van der Waals surface area contributed by atoms with Gasteiger partial charge in [-0.2, -0.15) is 0 Å². The first kappa shape index (κ1) is 18.3. The van der Waals surface area contributed by atoms with Crippen molar-refractivity contribution in [1.29, 1.82) is 0 Å². The van der Waals surface area contributed by atoms with Crippen LogP contribution in [0.4, 0.5) is 21.0 Å². The largest absolute Gasteiger partial charge is 0.447 e. The number of nitrogens with zero attached hydrogens (tertiary/aromatic N) is 3. The summed E-state index contributed by atoms with van der Waals surface area (Å²) in [7, 11) is 0. The van der Waals surface area contributed by atoms with Gasteiger partial charge in [0.25, 0.3) is 0 Å². The fraction of sp³-hybridized carbons (Fsp3) is 0.333. The van der Waals surface area contributed by atoms with Gasteiger partial charge in [0.1, 0.15) is 6.61 Å². The van der Waals surface area contributed by atoms with E-state index in [1.807, 2.05) is 35.2 Å². The number of ether oxygens (including phenoxy) is 1. The lowest BCUT2D eigenvalue weighted by Crippen LogP contribution is -2.49. The third kappa shape index (κ3) is 4.26. The second-order valence-corrected chi connectivity index (χ2v) is 6.99. The molecule has 2 heterocycles. The molecule has 0 unspecified atom stereocenters. The first-order valence-electron chi connectivity index (χ1n) is 9.55. The molecule has 2 fully saturated rings. The Hall–Kier alpha value is -3.06. The number of anilines is 2. The summed E-state index contributed by atoms with van der Waals surface area (Å²) in [6.07, 6.45) is -0.329. The molecule has 2 aromatic rings. The molecule has 146 valence electrons. The van der Waals surface area contributed by atoms with Crippen LogP contribution < -0.4 is 10.2 Å². The molecule has 0 radical (unpaired) electrons. The van der Waals surface area contributed by atoms with Crippen molar-refractivity contribution in [3.63, 3.8) is 0 Å². The van der Waals surface area contributed by atoms with E-state index in [9.17, 15) is 9.59 Å². The van der Waals surface area contributed by atoms with Crippen molar-refractivity contribution in [3.05, 3.63) is 60.2 Å². The molecule has 0 spiro atoms. The smallest absolute Gasteiger partial charge is 0.414 e. The normalized spacial score (nSPS) is 17.5. The van der Waals surface area contributed by atoms with Crippen molar-refractivity contribution in [1.82, 2.24) is 9.80 Å². The van der Waals surface area contributed by atoms with Gasteiger partial charge in [0, 0.05) is 44.1 Å². The van der Waals surface area contributed by atoms with E-state index in [-0.39, 0.29) is 12.1 Å². The first-order valence-corrected chi connectivity index (χ1v) is 9.55. The van der Waals surface area contributed by atoms with Crippen molar-refractivity contribution >= 4 is 23.5 Å². The number of nitrogens with one attached hydrogen (secondary N) is 1. The van der Waals surface area contributed by atoms with Crippen molar-refractivity contribution in [3.8, 4) is 0 Å². The number of hydrogen-bond acceptors (Lipinski definition) is 4. The Labute approximate surface area is 164 Å². The summed E-state index contributed by atoms with van der Waals surface area (Å²) in [5.41, 5.74) is 2.78. The highest BCUT2D eigenvalue weighted by atomic mass is 16.6. The van der Waals surface area contributed by atoms with Gasteiger partial charge in [0.15, 0.2) is 0 Å². The second-order valence-electron chi connectivity index (χ2n) is 6.99. The molecule has 0 bridgehead atoms.